The number of aliphatic hydroxyl groups is 2. The molecule has 0 spiro atoms. The van der Waals surface area contributed by atoms with Gasteiger partial charge in [-0.3, -0.25) is 0 Å². The summed E-state index contributed by atoms with van der Waals surface area (Å²) in [5, 5.41) is 30.0. The summed E-state index contributed by atoms with van der Waals surface area (Å²) in [5.41, 5.74) is -0.0247. The fourth-order valence-corrected chi connectivity index (χ4v) is 3.36. The number of nitrogens with zero attached hydrogens (tertiary/aromatic N) is 1. The van der Waals surface area contributed by atoms with Crippen LogP contribution in [0.1, 0.15) is 40.0 Å². The predicted molar refractivity (Wildman–Crippen MR) is 126 cm³/mol. The van der Waals surface area contributed by atoms with Crippen LogP contribution in [0.15, 0.2) is 23.3 Å². The monoisotopic (exact) mass is 1060 g/mol. The first kappa shape index (κ1) is 28.5. The van der Waals surface area contributed by atoms with Crippen LogP contribution in [0.25, 0.3) is 0 Å². The molecular weight excluding hydrogens is 1030 g/mol. The fourth-order valence-electron chi connectivity index (χ4n) is 3.36. The number of hydrogen-bond acceptors (Lipinski definition) is 3. The van der Waals surface area contributed by atoms with E-state index >= 15 is 0 Å². The van der Waals surface area contributed by atoms with Crippen LogP contribution in [-0.4, -0.2) is 21.4 Å². The van der Waals surface area contributed by atoms with Crippen molar-refractivity contribution in [2.24, 2.45) is 11.8 Å². The van der Waals surface area contributed by atoms with E-state index in [0.717, 1.165) is 24.8 Å². The van der Waals surface area contributed by atoms with Crippen molar-refractivity contribution in [3.05, 3.63) is 23.3 Å². The third-order valence-electron chi connectivity index (χ3n) is 4.22. The zero-order valence-corrected chi connectivity index (χ0v) is 27.5. The number of hydrogen-bond donors (Lipinski definition) is 2. The molecule has 0 aromatic rings. The molecule has 0 heterocycles. The van der Waals surface area contributed by atoms with Gasteiger partial charge in [0.15, 0.2) is 0 Å². The summed E-state index contributed by atoms with van der Waals surface area (Å²) in [6.07, 6.45) is 6.30. The summed E-state index contributed by atoms with van der Waals surface area (Å²) in [4.78, 5) is 0. The van der Waals surface area contributed by atoms with E-state index in [4.69, 9.17) is 5.26 Å². The molecular formula is C15H21I4NO2Sm2. The van der Waals surface area contributed by atoms with Gasteiger partial charge in [-0.25, -0.2) is 0 Å². The average Bonchev–Trinajstić information content (AvgIpc) is 2.46. The molecule has 0 saturated heterocycles. The molecule has 0 aromatic heterocycles. The van der Waals surface area contributed by atoms with E-state index in [-0.39, 0.29) is 62.8 Å². The van der Waals surface area contributed by atoms with E-state index in [1.807, 2.05) is 19.1 Å². The SMILES string of the molecule is CC(C)(O)[C@H]1C=C(C#N)C=C2CCC[C@@](C)(O)[C@@H]21.[I][Sm][I].[I][Sm][I]. The molecule has 0 radical (unpaired) electrons. The molecule has 0 bridgehead atoms. The van der Waals surface area contributed by atoms with E-state index in [0.29, 0.717) is 5.57 Å². The second-order valence-corrected chi connectivity index (χ2v) is 45.2. The summed E-state index contributed by atoms with van der Waals surface area (Å²) in [6.45, 7) is 5.34. The topological polar surface area (TPSA) is 64.2 Å². The standard InChI is InChI=1S/C15H21NO2.4HI.2Sm/c1-14(2,17)12-8-10(9-16)7-11-5-4-6-15(3,18)13(11)12;;;;;;/h7-8,12-13,17-18H,4-6H2,1-3H3;4*1H;;/q;;;;;2*+2/p-4/t12-,13-,15+;;;;;;/m0....../s1. The van der Waals surface area contributed by atoms with Crippen LogP contribution < -0.4 is 0 Å². The molecule has 2 aliphatic carbocycles. The van der Waals surface area contributed by atoms with Gasteiger partial charge in [0.05, 0.1) is 17.3 Å². The molecule has 9 heteroatoms. The van der Waals surface area contributed by atoms with Crippen LogP contribution in [-0.2, 0) is 0 Å². The van der Waals surface area contributed by atoms with E-state index in [2.05, 4.69) is 63.2 Å². The van der Waals surface area contributed by atoms with Gasteiger partial charge in [-0.2, -0.15) is 5.26 Å². The minimum atomic E-state index is -0.937. The van der Waals surface area contributed by atoms with E-state index < -0.39 is 11.2 Å². The molecule has 138 valence electrons. The molecule has 0 aromatic carbocycles. The summed E-state index contributed by atoms with van der Waals surface area (Å²) in [5.74, 6) is -0.286. The van der Waals surface area contributed by atoms with Gasteiger partial charge in [0, 0.05) is 17.4 Å². The fraction of sp³-hybridized carbons (Fsp3) is 0.667. The van der Waals surface area contributed by atoms with Gasteiger partial charge >= 0.3 is 108 Å². The van der Waals surface area contributed by atoms with Crippen molar-refractivity contribution in [1.29, 1.82) is 5.26 Å². The first-order chi connectivity index (χ1) is 11.1. The van der Waals surface area contributed by atoms with Gasteiger partial charge in [-0.15, -0.1) is 0 Å². The Labute approximate surface area is 210 Å². The number of nitriles is 1. The summed E-state index contributed by atoms with van der Waals surface area (Å²) in [7, 11) is 0. The molecule has 1 fully saturated rings. The number of allylic oxidation sites excluding steroid dienone is 2. The Morgan fingerprint density at radius 1 is 1.29 bits per heavy atom. The maximum atomic E-state index is 10.6. The Morgan fingerprint density at radius 2 is 1.79 bits per heavy atom. The van der Waals surface area contributed by atoms with Crippen molar-refractivity contribution in [2.45, 2.75) is 51.2 Å². The molecule has 24 heavy (non-hydrogen) atoms. The van der Waals surface area contributed by atoms with E-state index in [1.54, 1.807) is 13.8 Å². The van der Waals surface area contributed by atoms with Crippen LogP contribution in [0.5, 0.6) is 0 Å². The van der Waals surface area contributed by atoms with Crippen molar-refractivity contribution < 1.29 is 61.1 Å². The summed E-state index contributed by atoms with van der Waals surface area (Å²) < 4.78 is 0. The van der Waals surface area contributed by atoms with Crippen LogP contribution in [0, 0.1) is 74.1 Å². The maximum absolute atomic E-state index is 10.6. The van der Waals surface area contributed by atoms with Crippen LogP contribution in [0.3, 0.4) is 0 Å². The zero-order chi connectivity index (χ0) is 19.0. The Bertz CT molecular complexity index is 497. The van der Waals surface area contributed by atoms with Gasteiger partial charge < -0.3 is 10.2 Å². The molecule has 3 nitrogen and oxygen atoms in total. The van der Waals surface area contributed by atoms with Gasteiger partial charge in [-0.05, 0) is 46.1 Å². The summed E-state index contributed by atoms with van der Waals surface area (Å²) in [6, 6.07) is 2.16. The predicted octanol–water partition coefficient (Wildman–Crippen LogP) is 5.86. The Hall–Kier alpha value is 4.49. The Kier molecular flexibility index (Phi) is 17.2. The summed E-state index contributed by atoms with van der Waals surface area (Å²) >= 11 is 10.1. The van der Waals surface area contributed by atoms with Crippen LogP contribution in [0.4, 0.5) is 0 Å². The molecule has 2 N–H and O–H groups in total. The van der Waals surface area contributed by atoms with Gasteiger partial charge in [-0.1, -0.05) is 11.6 Å². The average molecular weight is 1060 g/mol. The molecule has 0 unspecified atom stereocenters. The van der Waals surface area contributed by atoms with Crippen molar-refractivity contribution in [3.8, 4) is 6.07 Å². The number of fused-ring (bicyclic) bond motifs is 1. The Morgan fingerprint density at radius 3 is 2.21 bits per heavy atom. The van der Waals surface area contributed by atoms with Crippen LogP contribution >= 0.6 is 57.2 Å². The molecule has 0 aliphatic heterocycles. The second-order valence-electron chi connectivity index (χ2n) is 6.44. The first-order valence-electron chi connectivity index (χ1n) is 7.14. The molecule has 0 amide bonds. The van der Waals surface area contributed by atoms with Crippen molar-refractivity contribution in [1.82, 2.24) is 0 Å². The van der Waals surface area contributed by atoms with Crippen LogP contribution in [0.2, 0.25) is 0 Å². The van der Waals surface area contributed by atoms with E-state index in [9.17, 15) is 10.2 Å². The van der Waals surface area contributed by atoms with Crippen molar-refractivity contribution in [3.63, 3.8) is 0 Å². The van der Waals surface area contributed by atoms with Crippen molar-refractivity contribution in [2.75, 3.05) is 0 Å². The van der Waals surface area contributed by atoms with Gasteiger partial charge in [0.25, 0.3) is 0 Å². The first-order valence-corrected chi connectivity index (χ1v) is 37.2. The van der Waals surface area contributed by atoms with Crippen molar-refractivity contribution >= 4 is 57.2 Å². The van der Waals surface area contributed by atoms with Gasteiger partial charge in [0.1, 0.15) is 0 Å². The molecule has 3 atom stereocenters. The second kappa shape index (κ2) is 14.5. The van der Waals surface area contributed by atoms with E-state index in [1.165, 1.54) is 0 Å². The third-order valence-corrected chi connectivity index (χ3v) is 4.22. The zero-order valence-electron chi connectivity index (χ0n) is 13.6. The quantitative estimate of drug-likeness (QED) is 0.324. The third kappa shape index (κ3) is 10.00. The molecule has 2 aliphatic rings. The number of rotatable bonds is 1. The molecule has 1 saturated carbocycles. The van der Waals surface area contributed by atoms with Gasteiger partial charge in [0.2, 0.25) is 0 Å². The normalized spacial score (nSPS) is 28.7. The number of halogens is 4. The molecule has 2 rings (SSSR count). The minimum absolute atomic E-state index is 0.0802. The Balaban J connectivity index is 0.000000772.